The lowest BCUT2D eigenvalue weighted by atomic mass is 9.83. The van der Waals surface area contributed by atoms with E-state index in [0.717, 1.165) is 31.8 Å². The van der Waals surface area contributed by atoms with Gasteiger partial charge in [-0.15, -0.1) is 0 Å². The van der Waals surface area contributed by atoms with E-state index in [1.165, 1.54) is 32.5 Å². The second-order valence-corrected chi connectivity index (χ2v) is 7.56. The molecule has 2 nitrogen and oxygen atoms in total. The van der Waals surface area contributed by atoms with Gasteiger partial charge in [-0.05, 0) is 64.5 Å². The molecule has 3 heteroatoms. The molecule has 0 bridgehead atoms. The molecule has 2 aliphatic heterocycles. The average Bonchev–Trinajstić information content (AvgIpc) is 2.42. The van der Waals surface area contributed by atoms with Crippen molar-refractivity contribution < 1.29 is 4.39 Å². The third kappa shape index (κ3) is 3.94. The molecule has 0 radical (unpaired) electrons. The fraction of sp³-hybridized carbons (Fsp3) is 1.00. The van der Waals surface area contributed by atoms with Crippen LogP contribution in [0, 0.1) is 11.8 Å². The zero-order valence-corrected chi connectivity index (χ0v) is 13.9. The van der Waals surface area contributed by atoms with Gasteiger partial charge in [0.1, 0.15) is 5.67 Å². The largest absolute Gasteiger partial charge is 0.303 e. The maximum Gasteiger partial charge on any atom is 0.115 e. The van der Waals surface area contributed by atoms with Gasteiger partial charge < -0.3 is 9.80 Å². The Kier molecular flexibility index (Phi) is 5.47. The van der Waals surface area contributed by atoms with Crippen molar-refractivity contribution in [2.45, 2.75) is 65.1 Å². The van der Waals surface area contributed by atoms with Crippen LogP contribution in [0.2, 0.25) is 0 Å². The van der Waals surface area contributed by atoms with Gasteiger partial charge in [0, 0.05) is 25.7 Å². The van der Waals surface area contributed by atoms with Crippen LogP contribution in [0.3, 0.4) is 0 Å². The second-order valence-electron chi connectivity index (χ2n) is 7.56. The van der Waals surface area contributed by atoms with Crippen molar-refractivity contribution in [3.05, 3.63) is 0 Å². The van der Waals surface area contributed by atoms with E-state index < -0.39 is 5.67 Å². The Bertz CT molecular complexity index is 287. The van der Waals surface area contributed by atoms with Crippen LogP contribution < -0.4 is 0 Å². The van der Waals surface area contributed by atoms with Crippen LogP contribution in [-0.4, -0.2) is 54.2 Å². The molecule has 0 atom stereocenters. The van der Waals surface area contributed by atoms with Crippen molar-refractivity contribution in [1.82, 2.24) is 9.80 Å². The van der Waals surface area contributed by atoms with E-state index in [4.69, 9.17) is 0 Å². The van der Waals surface area contributed by atoms with Gasteiger partial charge in [0.25, 0.3) is 0 Å². The summed E-state index contributed by atoms with van der Waals surface area (Å²) in [5.41, 5.74) is -0.905. The number of nitrogens with zero attached hydrogens (tertiary/aromatic N) is 2. The molecule has 0 aromatic rings. The quantitative estimate of drug-likeness (QED) is 0.779. The van der Waals surface area contributed by atoms with Gasteiger partial charge in [-0.3, -0.25) is 0 Å². The molecule has 2 aliphatic rings. The van der Waals surface area contributed by atoms with Crippen molar-refractivity contribution in [1.29, 1.82) is 0 Å². The Balaban J connectivity index is 1.72. The van der Waals surface area contributed by atoms with E-state index in [1.807, 2.05) is 13.8 Å². The highest BCUT2D eigenvalue weighted by Gasteiger charge is 2.37. The molecule has 2 saturated heterocycles. The molecule has 0 amide bonds. The fourth-order valence-electron chi connectivity index (χ4n) is 3.70. The molecule has 0 aromatic carbocycles. The number of hydrogen-bond donors (Lipinski definition) is 0. The summed E-state index contributed by atoms with van der Waals surface area (Å²) >= 11 is 0. The number of halogens is 1. The van der Waals surface area contributed by atoms with E-state index in [0.29, 0.717) is 6.04 Å². The number of rotatable bonds is 4. The first-order valence-corrected chi connectivity index (χ1v) is 8.56. The highest BCUT2D eigenvalue weighted by molar-refractivity contribution is 4.89. The van der Waals surface area contributed by atoms with Crippen LogP contribution in [0.25, 0.3) is 0 Å². The fourth-order valence-corrected chi connectivity index (χ4v) is 3.70. The molecule has 20 heavy (non-hydrogen) atoms. The van der Waals surface area contributed by atoms with E-state index in [-0.39, 0.29) is 5.92 Å². The summed E-state index contributed by atoms with van der Waals surface area (Å²) in [6.45, 7) is 14.2. The van der Waals surface area contributed by atoms with Crippen LogP contribution in [-0.2, 0) is 0 Å². The summed E-state index contributed by atoms with van der Waals surface area (Å²) in [6.07, 6.45) is 4.10. The molecular weight excluding hydrogens is 251 g/mol. The van der Waals surface area contributed by atoms with Crippen molar-refractivity contribution in [2.75, 3.05) is 32.7 Å². The Morgan fingerprint density at radius 2 is 1.55 bits per heavy atom. The van der Waals surface area contributed by atoms with Crippen LogP contribution in [0.1, 0.15) is 53.4 Å². The van der Waals surface area contributed by atoms with E-state index in [2.05, 4.69) is 23.6 Å². The lowest BCUT2D eigenvalue weighted by molar-refractivity contribution is 0.0105. The first-order valence-electron chi connectivity index (χ1n) is 8.56. The van der Waals surface area contributed by atoms with Gasteiger partial charge in [0.2, 0.25) is 0 Å². The zero-order valence-electron chi connectivity index (χ0n) is 13.9. The van der Waals surface area contributed by atoms with Crippen LogP contribution in [0.15, 0.2) is 0 Å². The summed E-state index contributed by atoms with van der Waals surface area (Å²) in [4.78, 5) is 5.09. The minimum atomic E-state index is -0.905. The van der Waals surface area contributed by atoms with Crippen molar-refractivity contribution in [2.24, 2.45) is 11.8 Å². The molecule has 0 unspecified atom stereocenters. The van der Waals surface area contributed by atoms with Crippen LogP contribution in [0.5, 0.6) is 0 Å². The summed E-state index contributed by atoms with van der Waals surface area (Å²) < 4.78 is 14.6. The molecule has 0 aromatic heterocycles. The second kappa shape index (κ2) is 6.74. The summed E-state index contributed by atoms with van der Waals surface area (Å²) in [5.74, 6) is 0.995. The minimum absolute atomic E-state index is 0.166. The first-order chi connectivity index (χ1) is 9.40. The topological polar surface area (TPSA) is 6.48 Å². The molecule has 2 fully saturated rings. The molecule has 0 saturated carbocycles. The van der Waals surface area contributed by atoms with Gasteiger partial charge in [-0.2, -0.15) is 0 Å². The van der Waals surface area contributed by atoms with Gasteiger partial charge in [0.05, 0.1) is 0 Å². The first kappa shape index (κ1) is 16.2. The third-order valence-corrected chi connectivity index (χ3v) is 5.62. The third-order valence-electron chi connectivity index (χ3n) is 5.62. The maximum atomic E-state index is 14.6. The van der Waals surface area contributed by atoms with Crippen molar-refractivity contribution in [3.8, 4) is 0 Å². The predicted molar refractivity (Wildman–Crippen MR) is 83.8 cm³/mol. The SMILES string of the molecule is CC(C)N1CCC(CN2CCC(F)(C(C)C)CC2)CC1. The minimum Gasteiger partial charge on any atom is -0.303 e. The monoisotopic (exact) mass is 284 g/mol. The number of alkyl halides is 1. The Morgan fingerprint density at radius 3 is 2.00 bits per heavy atom. The number of piperidine rings is 2. The Labute approximate surface area is 124 Å². The van der Waals surface area contributed by atoms with Crippen molar-refractivity contribution >= 4 is 0 Å². The summed E-state index contributed by atoms with van der Waals surface area (Å²) in [7, 11) is 0. The lowest BCUT2D eigenvalue weighted by Gasteiger charge is -2.41. The molecule has 118 valence electrons. The normalized spacial score (nSPS) is 26.6. The molecule has 0 spiro atoms. The standard InChI is InChI=1S/C17H33FN2/c1-14(2)17(18)7-11-19(12-8-17)13-16-5-9-20(10-6-16)15(3)4/h14-16H,5-13H2,1-4H3. The van der Waals surface area contributed by atoms with Gasteiger partial charge >= 0.3 is 0 Å². The van der Waals surface area contributed by atoms with Gasteiger partial charge in [-0.25, -0.2) is 4.39 Å². The Hall–Kier alpha value is -0.150. The summed E-state index contributed by atoms with van der Waals surface area (Å²) in [5, 5.41) is 0. The number of hydrogen-bond acceptors (Lipinski definition) is 2. The lowest BCUT2D eigenvalue weighted by Crippen LogP contribution is -2.47. The van der Waals surface area contributed by atoms with E-state index >= 15 is 0 Å². The van der Waals surface area contributed by atoms with Gasteiger partial charge in [0.15, 0.2) is 0 Å². The molecule has 2 rings (SSSR count). The number of likely N-dealkylation sites (tertiary alicyclic amines) is 2. The molecular formula is C17H33FN2. The van der Waals surface area contributed by atoms with E-state index in [1.54, 1.807) is 0 Å². The zero-order chi connectivity index (χ0) is 14.8. The predicted octanol–water partition coefficient (Wildman–Crippen LogP) is 3.57. The van der Waals surface area contributed by atoms with Gasteiger partial charge in [-0.1, -0.05) is 13.8 Å². The van der Waals surface area contributed by atoms with Crippen LogP contribution >= 0.6 is 0 Å². The average molecular weight is 284 g/mol. The molecule has 0 N–H and O–H groups in total. The smallest absolute Gasteiger partial charge is 0.115 e. The van der Waals surface area contributed by atoms with E-state index in [9.17, 15) is 4.39 Å². The summed E-state index contributed by atoms with van der Waals surface area (Å²) in [6, 6.07) is 0.684. The molecule has 0 aliphatic carbocycles. The van der Waals surface area contributed by atoms with Crippen molar-refractivity contribution in [3.63, 3.8) is 0 Å². The molecule has 2 heterocycles. The maximum absolute atomic E-state index is 14.6. The van der Waals surface area contributed by atoms with Crippen LogP contribution in [0.4, 0.5) is 4.39 Å². The Morgan fingerprint density at radius 1 is 1.00 bits per heavy atom. The highest BCUT2D eigenvalue weighted by Crippen LogP contribution is 2.34. The highest BCUT2D eigenvalue weighted by atomic mass is 19.1.